The number of nitrogens with two attached hydrogens (primary N) is 1. The molecule has 1 heterocycles. The van der Waals surface area contributed by atoms with Crippen molar-refractivity contribution in [3.8, 4) is 0 Å². The molecular formula is C15H23N3O. The van der Waals surface area contributed by atoms with E-state index < -0.39 is 6.04 Å². The minimum atomic E-state index is -0.420. The summed E-state index contributed by atoms with van der Waals surface area (Å²) < 4.78 is 0. The Morgan fingerprint density at radius 1 is 1.32 bits per heavy atom. The van der Waals surface area contributed by atoms with Crippen LogP contribution in [0.25, 0.3) is 0 Å². The lowest BCUT2D eigenvalue weighted by Gasteiger charge is -2.23. The topological polar surface area (TPSA) is 68.0 Å². The van der Waals surface area contributed by atoms with Gasteiger partial charge >= 0.3 is 0 Å². The summed E-state index contributed by atoms with van der Waals surface area (Å²) in [7, 11) is 0. The predicted molar refractivity (Wildman–Crippen MR) is 75.5 cm³/mol. The average molecular weight is 261 g/mol. The molecule has 1 aliphatic carbocycles. The minimum Gasteiger partial charge on any atom is -0.368 e. The van der Waals surface area contributed by atoms with E-state index in [0.717, 1.165) is 24.1 Å². The average Bonchev–Trinajstić information content (AvgIpc) is 2.65. The SMILES string of the molecule is Cc1ccc(C(NC2CCCCCC2)C(N)=O)cn1. The fraction of sp³-hybridized carbons (Fsp3) is 0.600. The van der Waals surface area contributed by atoms with Crippen molar-refractivity contribution in [3.05, 3.63) is 29.6 Å². The third kappa shape index (κ3) is 4.03. The Morgan fingerprint density at radius 3 is 2.53 bits per heavy atom. The maximum atomic E-state index is 11.7. The molecule has 1 aromatic heterocycles. The van der Waals surface area contributed by atoms with Crippen molar-refractivity contribution in [1.82, 2.24) is 10.3 Å². The van der Waals surface area contributed by atoms with Gasteiger partial charge in [0.2, 0.25) is 5.91 Å². The van der Waals surface area contributed by atoms with E-state index in [4.69, 9.17) is 5.73 Å². The zero-order chi connectivity index (χ0) is 13.7. The van der Waals surface area contributed by atoms with E-state index in [9.17, 15) is 4.79 Å². The quantitative estimate of drug-likeness (QED) is 0.817. The van der Waals surface area contributed by atoms with Gasteiger partial charge in [0.1, 0.15) is 6.04 Å². The summed E-state index contributed by atoms with van der Waals surface area (Å²) in [5, 5.41) is 3.42. The highest BCUT2D eigenvalue weighted by molar-refractivity contribution is 5.81. The van der Waals surface area contributed by atoms with E-state index in [0.29, 0.717) is 6.04 Å². The van der Waals surface area contributed by atoms with Crippen LogP contribution in [-0.2, 0) is 4.79 Å². The number of hydrogen-bond donors (Lipinski definition) is 2. The zero-order valence-corrected chi connectivity index (χ0v) is 11.6. The highest BCUT2D eigenvalue weighted by Crippen LogP contribution is 2.21. The number of carbonyl (C=O) groups is 1. The minimum absolute atomic E-state index is 0.324. The Labute approximate surface area is 114 Å². The molecule has 4 heteroatoms. The zero-order valence-electron chi connectivity index (χ0n) is 11.6. The summed E-state index contributed by atoms with van der Waals surface area (Å²) in [6.45, 7) is 1.93. The number of primary amides is 1. The monoisotopic (exact) mass is 261 g/mol. The summed E-state index contributed by atoms with van der Waals surface area (Å²) >= 11 is 0. The number of rotatable bonds is 4. The first kappa shape index (κ1) is 14.0. The van der Waals surface area contributed by atoms with Crippen LogP contribution in [0.2, 0.25) is 0 Å². The highest BCUT2D eigenvalue weighted by Gasteiger charge is 2.22. The first-order valence-corrected chi connectivity index (χ1v) is 7.15. The van der Waals surface area contributed by atoms with Gasteiger partial charge in [-0.25, -0.2) is 0 Å². The third-order valence-corrected chi connectivity index (χ3v) is 3.81. The Morgan fingerprint density at radius 2 is 2.00 bits per heavy atom. The second kappa shape index (κ2) is 6.66. The molecule has 1 aromatic rings. The lowest BCUT2D eigenvalue weighted by atomic mass is 10.0. The van der Waals surface area contributed by atoms with Crippen LogP contribution in [0.15, 0.2) is 18.3 Å². The van der Waals surface area contributed by atoms with Gasteiger partial charge in [0.25, 0.3) is 0 Å². The number of aromatic nitrogens is 1. The Balaban J connectivity index is 2.07. The van der Waals surface area contributed by atoms with Crippen LogP contribution < -0.4 is 11.1 Å². The predicted octanol–water partition coefficient (Wildman–Crippen LogP) is 2.23. The molecule has 0 saturated heterocycles. The van der Waals surface area contributed by atoms with E-state index in [2.05, 4.69) is 10.3 Å². The summed E-state index contributed by atoms with van der Waals surface area (Å²) in [5.74, 6) is -0.324. The molecule has 0 bridgehead atoms. The maximum Gasteiger partial charge on any atom is 0.239 e. The van der Waals surface area contributed by atoms with Crippen LogP contribution in [0.5, 0.6) is 0 Å². The second-order valence-electron chi connectivity index (χ2n) is 5.42. The summed E-state index contributed by atoms with van der Waals surface area (Å²) in [5.41, 5.74) is 7.34. The van der Waals surface area contributed by atoms with Crippen molar-refractivity contribution in [2.45, 2.75) is 57.5 Å². The molecular weight excluding hydrogens is 238 g/mol. The molecule has 1 aliphatic rings. The molecule has 104 valence electrons. The number of nitrogens with zero attached hydrogens (tertiary/aromatic N) is 1. The van der Waals surface area contributed by atoms with Crippen molar-refractivity contribution < 1.29 is 4.79 Å². The third-order valence-electron chi connectivity index (χ3n) is 3.81. The van der Waals surface area contributed by atoms with Crippen LogP contribution in [0.3, 0.4) is 0 Å². The Bertz CT molecular complexity index is 408. The Hall–Kier alpha value is -1.42. The molecule has 0 aliphatic heterocycles. The van der Waals surface area contributed by atoms with Crippen molar-refractivity contribution in [2.75, 3.05) is 0 Å². The van der Waals surface area contributed by atoms with Gasteiger partial charge in [0, 0.05) is 17.9 Å². The summed E-state index contributed by atoms with van der Waals surface area (Å²) in [4.78, 5) is 15.9. The molecule has 1 saturated carbocycles. The van der Waals surface area contributed by atoms with Gasteiger partial charge in [-0.05, 0) is 31.4 Å². The van der Waals surface area contributed by atoms with Crippen LogP contribution in [0, 0.1) is 6.92 Å². The molecule has 1 fully saturated rings. The fourth-order valence-electron chi connectivity index (χ4n) is 2.67. The normalized spacial score (nSPS) is 18.8. The second-order valence-corrected chi connectivity index (χ2v) is 5.42. The number of pyridine rings is 1. The lowest BCUT2D eigenvalue weighted by Crippen LogP contribution is -2.40. The largest absolute Gasteiger partial charge is 0.368 e. The van der Waals surface area contributed by atoms with E-state index >= 15 is 0 Å². The number of carbonyl (C=O) groups excluding carboxylic acids is 1. The number of nitrogens with one attached hydrogen (secondary N) is 1. The molecule has 0 radical (unpaired) electrons. The van der Waals surface area contributed by atoms with Crippen molar-refractivity contribution >= 4 is 5.91 Å². The van der Waals surface area contributed by atoms with Crippen LogP contribution in [0.4, 0.5) is 0 Å². The highest BCUT2D eigenvalue weighted by atomic mass is 16.1. The van der Waals surface area contributed by atoms with Crippen molar-refractivity contribution in [2.24, 2.45) is 5.73 Å². The smallest absolute Gasteiger partial charge is 0.239 e. The maximum absolute atomic E-state index is 11.7. The molecule has 1 atom stereocenters. The first-order chi connectivity index (χ1) is 9.16. The van der Waals surface area contributed by atoms with Crippen molar-refractivity contribution in [3.63, 3.8) is 0 Å². The number of hydrogen-bond acceptors (Lipinski definition) is 3. The Kier molecular flexibility index (Phi) is 4.91. The van der Waals surface area contributed by atoms with E-state index in [-0.39, 0.29) is 5.91 Å². The van der Waals surface area contributed by atoms with Crippen LogP contribution >= 0.6 is 0 Å². The first-order valence-electron chi connectivity index (χ1n) is 7.15. The molecule has 1 amide bonds. The molecule has 0 spiro atoms. The molecule has 4 nitrogen and oxygen atoms in total. The number of aryl methyl sites for hydroxylation is 1. The van der Waals surface area contributed by atoms with Crippen LogP contribution in [-0.4, -0.2) is 16.9 Å². The van der Waals surface area contributed by atoms with Gasteiger partial charge in [-0.1, -0.05) is 31.7 Å². The molecule has 19 heavy (non-hydrogen) atoms. The standard InChI is InChI=1S/C15H23N3O/c1-11-8-9-12(10-17-11)14(15(16)19)18-13-6-4-2-3-5-7-13/h8-10,13-14,18H,2-7H2,1H3,(H2,16,19). The molecule has 1 unspecified atom stereocenters. The van der Waals surface area contributed by atoms with E-state index in [1.54, 1.807) is 6.20 Å². The van der Waals surface area contributed by atoms with E-state index in [1.165, 1.54) is 25.7 Å². The van der Waals surface area contributed by atoms with Crippen LogP contribution in [0.1, 0.15) is 55.8 Å². The summed E-state index contributed by atoms with van der Waals surface area (Å²) in [6.07, 6.45) is 9.06. The van der Waals surface area contributed by atoms with Gasteiger partial charge < -0.3 is 5.73 Å². The molecule has 2 rings (SSSR count). The van der Waals surface area contributed by atoms with Crippen molar-refractivity contribution in [1.29, 1.82) is 0 Å². The molecule has 0 aromatic carbocycles. The van der Waals surface area contributed by atoms with Gasteiger partial charge in [0.15, 0.2) is 0 Å². The van der Waals surface area contributed by atoms with Gasteiger partial charge in [-0.3, -0.25) is 15.1 Å². The van der Waals surface area contributed by atoms with E-state index in [1.807, 2.05) is 19.1 Å². The van der Waals surface area contributed by atoms with Gasteiger partial charge in [-0.2, -0.15) is 0 Å². The lowest BCUT2D eigenvalue weighted by molar-refractivity contribution is -0.120. The fourth-order valence-corrected chi connectivity index (χ4v) is 2.67. The van der Waals surface area contributed by atoms with Gasteiger partial charge in [-0.15, -0.1) is 0 Å². The molecule has 3 N–H and O–H groups in total. The number of amides is 1. The van der Waals surface area contributed by atoms with Gasteiger partial charge in [0.05, 0.1) is 0 Å². The summed E-state index contributed by atoms with van der Waals surface area (Å²) in [6, 6.07) is 3.82.